The maximum absolute atomic E-state index is 7.00. The maximum atomic E-state index is 7.00. The molecule has 0 spiro atoms. The van der Waals surface area contributed by atoms with Crippen molar-refractivity contribution in [3.05, 3.63) is 77.9 Å². The van der Waals surface area contributed by atoms with E-state index in [0.717, 1.165) is 62.0 Å². The summed E-state index contributed by atoms with van der Waals surface area (Å²) in [6.45, 7) is 29.8. The molecule has 4 rings (SSSR count). The molecule has 306 valence electrons. The number of aliphatic hydroxyl groups excluding tert-OH is 1. The van der Waals surface area contributed by atoms with Crippen LogP contribution in [0.4, 0.5) is 0 Å². The second kappa shape index (κ2) is 18.0. The topological polar surface area (TPSA) is 119 Å². The molecule has 1 N–H and O–H groups in total. The van der Waals surface area contributed by atoms with Gasteiger partial charge in [0.1, 0.15) is 5.75 Å². The van der Waals surface area contributed by atoms with Gasteiger partial charge in [-0.25, -0.2) is 0 Å². The molecular formula is C41H64N2O9P3+. The Hall–Kier alpha value is -2.39. The highest BCUT2D eigenvalue weighted by molar-refractivity contribution is 7.72. The number of hydrogen-bond acceptors (Lipinski definition) is 10. The summed E-state index contributed by atoms with van der Waals surface area (Å²) < 4.78 is 60.5. The Morgan fingerprint density at radius 2 is 0.709 bits per heavy atom. The third-order valence-corrected chi connectivity index (χ3v) is 19.0. The minimum absolute atomic E-state index is 0.627. The lowest BCUT2D eigenvalue weighted by Gasteiger charge is -2.28. The van der Waals surface area contributed by atoms with Gasteiger partial charge in [0.2, 0.25) is 0 Å². The van der Waals surface area contributed by atoms with E-state index in [9.17, 15) is 0 Å². The lowest BCUT2D eigenvalue weighted by molar-refractivity contribution is 0.246. The molecule has 0 aliphatic rings. The van der Waals surface area contributed by atoms with E-state index in [-0.39, 0.29) is 0 Å². The van der Waals surface area contributed by atoms with Crippen molar-refractivity contribution in [2.24, 2.45) is 9.03 Å². The van der Waals surface area contributed by atoms with E-state index >= 15 is 0 Å². The van der Waals surface area contributed by atoms with Crippen LogP contribution in [0.15, 0.2) is 9.03 Å². The minimum atomic E-state index is -3.71. The van der Waals surface area contributed by atoms with E-state index in [2.05, 4.69) is 83.1 Å². The van der Waals surface area contributed by atoms with Crippen molar-refractivity contribution >= 4 is 45.0 Å². The Morgan fingerprint density at radius 1 is 0.400 bits per heavy atom. The molecule has 0 saturated heterocycles. The number of rotatable bonds is 12. The predicted octanol–water partition coefficient (Wildman–Crippen LogP) is 12.8. The van der Waals surface area contributed by atoms with Crippen molar-refractivity contribution in [1.29, 1.82) is 0 Å². The molecule has 0 aromatic heterocycles. The van der Waals surface area contributed by atoms with E-state index in [1.54, 1.807) is 0 Å². The average Bonchev–Trinajstić information content (AvgIpc) is 3.20. The summed E-state index contributed by atoms with van der Waals surface area (Å²) in [5.41, 5.74) is 16.1. The molecule has 0 saturated carbocycles. The van der Waals surface area contributed by atoms with Crippen molar-refractivity contribution in [1.82, 2.24) is 0 Å². The van der Waals surface area contributed by atoms with Gasteiger partial charge in [-0.15, -0.1) is 4.52 Å². The van der Waals surface area contributed by atoms with Crippen molar-refractivity contribution in [3.8, 4) is 11.5 Å². The quantitative estimate of drug-likeness (QED) is 0.139. The van der Waals surface area contributed by atoms with Crippen molar-refractivity contribution in [3.63, 3.8) is 0 Å². The van der Waals surface area contributed by atoms with Gasteiger partial charge in [-0.2, -0.15) is 9.05 Å². The Morgan fingerprint density at radius 3 is 1.04 bits per heavy atom. The van der Waals surface area contributed by atoms with Gasteiger partial charge >= 0.3 is 23.5 Å². The molecule has 14 heteroatoms. The van der Waals surface area contributed by atoms with Crippen molar-refractivity contribution in [2.75, 3.05) is 49.8 Å². The van der Waals surface area contributed by atoms with Crippen molar-refractivity contribution in [2.45, 2.75) is 96.9 Å². The fourth-order valence-electron chi connectivity index (χ4n) is 7.24. The normalized spacial score (nSPS) is 12.3. The molecule has 4 aromatic rings. The van der Waals surface area contributed by atoms with Crippen LogP contribution in [0.2, 0.25) is 0 Å². The zero-order chi connectivity index (χ0) is 42.1. The Bertz CT molecular complexity index is 2210. The summed E-state index contributed by atoms with van der Waals surface area (Å²) in [7, 11) is -1.10. The van der Waals surface area contributed by atoms with Crippen molar-refractivity contribution < 1.29 is 41.3 Å². The van der Waals surface area contributed by atoms with Gasteiger partial charge in [0, 0.05) is 56.4 Å². The highest BCUT2D eigenvalue weighted by Gasteiger charge is 2.52. The van der Waals surface area contributed by atoms with E-state index in [1.807, 2.05) is 13.8 Å². The van der Waals surface area contributed by atoms with Crippen LogP contribution >= 0.6 is 23.5 Å². The van der Waals surface area contributed by atoms with E-state index in [0.29, 0.717) is 11.5 Å². The monoisotopic (exact) mass is 821 g/mol. The number of benzene rings is 4. The summed E-state index contributed by atoms with van der Waals surface area (Å²) in [6, 6.07) is 0. The van der Waals surface area contributed by atoms with Crippen LogP contribution in [0, 0.1) is 96.9 Å². The third kappa shape index (κ3) is 8.05. The van der Waals surface area contributed by atoms with Crippen LogP contribution in [0.3, 0.4) is 0 Å². The van der Waals surface area contributed by atoms with Crippen LogP contribution in [0.25, 0.3) is 21.5 Å². The smallest absolute Gasteiger partial charge is 0.417 e. The largest absolute Gasteiger partial charge is 0.603 e. The molecule has 0 heterocycles. The van der Waals surface area contributed by atoms with Crippen LogP contribution in [-0.2, 0) is 27.1 Å². The first-order chi connectivity index (χ1) is 25.7. The average molecular weight is 822 g/mol. The molecule has 0 aliphatic carbocycles. The SMILES string of the molecule is CO.COP(=N[P+](OC)(OC)Oc1c(C)c(C)c(C)c2c(C)c(C)c(C)c(C)c12)(N=P(OC)(OC)Oc1c(C)c(C)c(C)c2c(C)c(C)c(C)c(C)c12)OC. The van der Waals surface area contributed by atoms with Crippen LogP contribution in [-0.4, -0.2) is 54.9 Å². The fraction of sp³-hybridized carbons (Fsp3) is 0.512. The first kappa shape index (κ1) is 47.0. The van der Waals surface area contributed by atoms with Gasteiger partial charge < -0.3 is 18.7 Å². The van der Waals surface area contributed by atoms with Gasteiger partial charge in [-0.1, -0.05) is 0 Å². The van der Waals surface area contributed by atoms with Crippen LogP contribution < -0.4 is 9.05 Å². The number of fused-ring (bicyclic) bond motifs is 2. The summed E-state index contributed by atoms with van der Waals surface area (Å²) in [5.74, 6) is 1.25. The number of hydrogen-bond donors (Lipinski definition) is 1. The molecule has 11 nitrogen and oxygen atoms in total. The van der Waals surface area contributed by atoms with Gasteiger partial charge in [0.15, 0.2) is 5.75 Å². The molecule has 0 atom stereocenters. The Balaban J connectivity index is 0.00000399. The molecule has 0 amide bonds. The van der Waals surface area contributed by atoms with E-state index < -0.39 is 23.5 Å². The second-order valence-electron chi connectivity index (χ2n) is 13.8. The highest BCUT2D eigenvalue weighted by Crippen LogP contribution is 2.75. The highest BCUT2D eigenvalue weighted by atomic mass is 31.3. The number of aliphatic hydroxyl groups is 1. The summed E-state index contributed by atoms with van der Waals surface area (Å²) in [4.78, 5) is 0. The number of nitrogens with zero attached hydrogens (tertiary/aromatic N) is 2. The van der Waals surface area contributed by atoms with Crippen LogP contribution in [0.1, 0.15) is 77.9 Å². The molecule has 4 aromatic carbocycles. The van der Waals surface area contributed by atoms with E-state index in [1.165, 1.54) is 87.2 Å². The minimum Gasteiger partial charge on any atom is -0.417 e. The summed E-state index contributed by atoms with van der Waals surface area (Å²) in [5, 5.41) is 11.3. The zero-order valence-electron chi connectivity index (χ0n) is 36.9. The molecule has 55 heavy (non-hydrogen) atoms. The standard InChI is InChI=1S/C40H60N2O8P3.CH4O/c1-21-23(3)31(11)37-35(27(21)7)29(9)25(5)33(13)39(37)49-52(45-17,46-18)41-51(43-15,44-16)42-53(47-19,48-20)50-40-34(14)26(6)30(10)36-28(8)22(2)24(4)32(12)38(36)40;1-2/h1-20H3;2H,1H3/q+1;. The van der Waals surface area contributed by atoms with Gasteiger partial charge in [-0.3, -0.25) is 13.6 Å². The van der Waals surface area contributed by atoms with Gasteiger partial charge in [0.25, 0.3) is 0 Å². The first-order valence-electron chi connectivity index (χ1n) is 18.1. The first-order valence-corrected chi connectivity index (χ1v) is 22.6. The molecule has 0 fully saturated rings. The Labute approximate surface area is 330 Å². The molecule has 0 aliphatic heterocycles. The zero-order valence-corrected chi connectivity index (χ0v) is 39.6. The third-order valence-electron chi connectivity index (χ3n) is 11.8. The molecule has 0 unspecified atom stereocenters. The molecular weight excluding hydrogens is 757 g/mol. The second-order valence-corrected chi connectivity index (χ2v) is 20.6. The lowest BCUT2D eigenvalue weighted by Crippen LogP contribution is -2.09. The van der Waals surface area contributed by atoms with Gasteiger partial charge in [0.05, 0.1) is 14.2 Å². The predicted molar refractivity (Wildman–Crippen MR) is 231 cm³/mol. The maximum Gasteiger partial charge on any atom is 0.603 e. The Kier molecular flexibility index (Phi) is 15.4. The van der Waals surface area contributed by atoms with E-state index in [4.69, 9.17) is 50.3 Å². The summed E-state index contributed by atoms with van der Waals surface area (Å²) >= 11 is 0. The fourth-order valence-corrected chi connectivity index (χ4v) is 14.2. The lowest BCUT2D eigenvalue weighted by atomic mass is 9.86. The van der Waals surface area contributed by atoms with Gasteiger partial charge in [-0.05, 0) is 180 Å². The molecule has 0 radical (unpaired) electrons. The number of aryl methyl sites for hydroxylation is 6. The summed E-state index contributed by atoms with van der Waals surface area (Å²) in [6.07, 6.45) is 0. The van der Waals surface area contributed by atoms with Crippen LogP contribution in [0.5, 0.6) is 11.5 Å². The molecule has 0 bridgehead atoms.